The van der Waals surface area contributed by atoms with Gasteiger partial charge in [0.2, 0.25) is 5.95 Å². The van der Waals surface area contributed by atoms with Crippen LogP contribution in [-0.2, 0) is 0 Å². The van der Waals surface area contributed by atoms with Crippen molar-refractivity contribution in [2.24, 2.45) is 5.84 Å². The summed E-state index contributed by atoms with van der Waals surface area (Å²) in [7, 11) is 1.62. The number of ether oxygens (including phenoxy) is 1. The molecule has 8 nitrogen and oxygen atoms in total. The minimum absolute atomic E-state index is 0.356. The second-order valence-electron chi connectivity index (χ2n) is 5.71. The van der Waals surface area contributed by atoms with E-state index in [1.807, 2.05) is 24.3 Å². The van der Waals surface area contributed by atoms with Gasteiger partial charge in [0.05, 0.1) is 24.7 Å². The highest BCUT2D eigenvalue weighted by Gasteiger charge is 2.16. The first-order valence-corrected chi connectivity index (χ1v) is 7.96. The van der Waals surface area contributed by atoms with Gasteiger partial charge in [-0.3, -0.25) is 5.01 Å². The van der Waals surface area contributed by atoms with Crippen LogP contribution in [0.3, 0.4) is 0 Å². The molecule has 8 heteroatoms. The molecule has 0 saturated carbocycles. The Bertz CT molecular complexity index is 671. The molecule has 0 bridgehead atoms. The van der Waals surface area contributed by atoms with Crippen molar-refractivity contribution < 1.29 is 4.74 Å². The molecule has 3 rings (SSSR count). The topological polar surface area (TPSA) is 114 Å². The van der Waals surface area contributed by atoms with E-state index >= 15 is 0 Å². The lowest BCUT2D eigenvalue weighted by Crippen LogP contribution is -2.36. The van der Waals surface area contributed by atoms with Gasteiger partial charge in [0.15, 0.2) is 5.82 Å². The van der Waals surface area contributed by atoms with E-state index in [2.05, 4.69) is 20.6 Å². The molecule has 1 aliphatic heterocycles. The Morgan fingerprint density at radius 1 is 1.25 bits per heavy atom. The number of aromatic nitrogens is 2. The van der Waals surface area contributed by atoms with Gasteiger partial charge in [0.25, 0.3) is 0 Å². The maximum Gasteiger partial charge on any atom is 0.225 e. The number of hydrogen-bond acceptors (Lipinski definition) is 8. The Hall–Kier alpha value is -2.58. The van der Waals surface area contributed by atoms with E-state index in [0.29, 0.717) is 23.5 Å². The second kappa shape index (κ2) is 7.33. The SMILES string of the molecule is COc1ccc(N(N)c2nc(NC3CCNCC3)ncc2N)cc1. The molecule has 0 aliphatic carbocycles. The van der Waals surface area contributed by atoms with Crippen LogP contribution < -0.4 is 32.0 Å². The van der Waals surface area contributed by atoms with Crippen LogP contribution in [0.1, 0.15) is 12.8 Å². The standard InChI is InChI=1S/C16H23N7O/c1-24-13-4-2-12(3-5-13)23(18)15-14(17)10-20-16(22-15)21-11-6-8-19-9-7-11/h2-5,10-11,19H,6-9,17-18H2,1H3,(H,20,21,22). The number of rotatable bonds is 5. The molecule has 1 aromatic heterocycles. The molecule has 1 aromatic carbocycles. The molecular formula is C16H23N7O. The molecule has 0 unspecified atom stereocenters. The summed E-state index contributed by atoms with van der Waals surface area (Å²) in [6.45, 7) is 1.99. The summed E-state index contributed by atoms with van der Waals surface area (Å²) in [4.78, 5) is 8.75. The van der Waals surface area contributed by atoms with Crippen molar-refractivity contribution in [3.63, 3.8) is 0 Å². The largest absolute Gasteiger partial charge is 0.497 e. The number of hydrazine groups is 1. The average molecular weight is 329 g/mol. The molecule has 1 aliphatic rings. The molecular weight excluding hydrogens is 306 g/mol. The van der Waals surface area contributed by atoms with E-state index in [1.165, 1.54) is 5.01 Å². The molecule has 0 spiro atoms. The van der Waals surface area contributed by atoms with Gasteiger partial charge in [-0.05, 0) is 50.2 Å². The predicted molar refractivity (Wildman–Crippen MR) is 95.3 cm³/mol. The fraction of sp³-hybridized carbons (Fsp3) is 0.375. The summed E-state index contributed by atoms with van der Waals surface area (Å²) in [6.07, 6.45) is 3.65. The van der Waals surface area contributed by atoms with E-state index in [0.717, 1.165) is 37.4 Å². The van der Waals surface area contributed by atoms with E-state index in [-0.39, 0.29) is 0 Å². The first kappa shape index (κ1) is 16.3. The number of nitrogens with zero attached hydrogens (tertiary/aromatic N) is 3. The lowest BCUT2D eigenvalue weighted by molar-refractivity contribution is 0.415. The quantitative estimate of drug-likeness (QED) is 0.478. The zero-order valence-corrected chi connectivity index (χ0v) is 13.7. The lowest BCUT2D eigenvalue weighted by Gasteiger charge is -2.25. The monoisotopic (exact) mass is 329 g/mol. The number of methoxy groups -OCH3 is 1. The number of nitrogen functional groups attached to an aromatic ring is 1. The van der Waals surface area contributed by atoms with Crippen LogP contribution in [-0.4, -0.2) is 36.2 Å². The Kier molecular flexibility index (Phi) is 4.97. The van der Waals surface area contributed by atoms with Gasteiger partial charge >= 0.3 is 0 Å². The minimum Gasteiger partial charge on any atom is -0.497 e. The molecule has 128 valence electrons. The van der Waals surface area contributed by atoms with Crippen LogP contribution >= 0.6 is 0 Å². The molecule has 2 aromatic rings. The van der Waals surface area contributed by atoms with Crippen molar-refractivity contribution in [3.8, 4) is 5.75 Å². The summed E-state index contributed by atoms with van der Waals surface area (Å²) in [6, 6.07) is 7.72. The van der Waals surface area contributed by atoms with Crippen molar-refractivity contribution in [2.75, 3.05) is 36.3 Å². The molecule has 2 heterocycles. The van der Waals surface area contributed by atoms with Crippen LogP contribution in [0.2, 0.25) is 0 Å². The highest BCUT2D eigenvalue weighted by Crippen LogP contribution is 2.27. The molecule has 1 fully saturated rings. The number of nitrogens with one attached hydrogen (secondary N) is 2. The van der Waals surface area contributed by atoms with E-state index in [9.17, 15) is 0 Å². The van der Waals surface area contributed by atoms with Gasteiger partial charge in [0, 0.05) is 6.04 Å². The molecule has 24 heavy (non-hydrogen) atoms. The maximum absolute atomic E-state index is 6.20. The zero-order valence-electron chi connectivity index (χ0n) is 13.7. The molecule has 0 radical (unpaired) electrons. The Morgan fingerprint density at radius 3 is 2.62 bits per heavy atom. The fourth-order valence-corrected chi connectivity index (χ4v) is 2.66. The highest BCUT2D eigenvalue weighted by molar-refractivity contribution is 5.70. The van der Waals surface area contributed by atoms with Crippen molar-refractivity contribution in [1.29, 1.82) is 0 Å². The summed E-state index contributed by atoms with van der Waals surface area (Å²) >= 11 is 0. The Morgan fingerprint density at radius 2 is 1.96 bits per heavy atom. The average Bonchev–Trinajstić information content (AvgIpc) is 2.64. The normalized spacial score (nSPS) is 15.1. The van der Waals surface area contributed by atoms with Gasteiger partial charge in [-0.25, -0.2) is 10.8 Å². The van der Waals surface area contributed by atoms with Crippen molar-refractivity contribution in [2.45, 2.75) is 18.9 Å². The molecule has 6 N–H and O–H groups in total. The smallest absolute Gasteiger partial charge is 0.225 e. The van der Waals surface area contributed by atoms with Crippen LogP contribution in [0, 0.1) is 0 Å². The van der Waals surface area contributed by atoms with Crippen LogP contribution in [0.15, 0.2) is 30.5 Å². The second-order valence-corrected chi connectivity index (χ2v) is 5.71. The number of benzene rings is 1. The molecule has 1 saturated heterocycles. The third-order valence-electron chi connectivity index (χ3n) is 4.05. The maximum atomic E-state index is 6.20. The first-order valence-electron chi connectivity index (χ1n) is 7.96. The molecule has 0 amide bonds. The number of nitrogens with two attached hydrogens (primary N) is 2. The number of piperidine rings is 1. The number of anilines is 4. The third kappa shape index (κ3) is 3.66. The lowest BCUT2D eigenvalue weighted by atomic mass is 10.1. The van der Waals surface area contributed by atoms with Gasteiger partial charge in [-0.15, -0.1) is 0 Å². The van der Waals surface area contributed by atoms with Gasteiger partial charge in [0.1, 0.15) is 5.75 Å². The van der Waals surface area contributed by atoms with Crippen molar-refractivity contribution in [3.05, 3.63) is 30.5 Å². The van der Waals surface area contributed by atoms with Gasteiger partial charge in [-0.2, -0.15) is 4.98 Å². The van der Waals surface area contributed by atoms with Gasteiger partial charge < -0.3 is 21.1 Å². The number of hydrogen-bond donors (Lipinski definition) is 4. The highest BCUT2D eigenvalue weighted by atomic mass is 16.5. The molecule has 0 atom stereocenters. The Labute approximate surface area is 141 Å². The van der Waals surface area contributed by atoms with E-state index < -0.39 is 0 Å². The van der Waals surface area contributed by atoms with Crippen LogP contribution in [0.4, 0.5) is 23.1 Å². The predicted octanol–water partition coefficient (Wildman–Crippen LogP) is 1.24. The summed E-state index contributed by atoms with van der Waals surface area (Å²) < 4.78 is 5.16. The Balaban J connectivity index is 1.79. The van der Waals surface area contributed by atoms with E-state index in [1.54, 1.807) is 13.3 Å². The fourth-order valence-electron chi connectivity index (χ4n) is 2.66. The van der Waals surface area contributed by atoms with E-state index in [4.69, 9.17) is 16.3 Å². The van der Waals surface area contributed by atoms with Crippen LogP contribution in [0.25, 0.3) is 0 Å². The van der Waals surface area contributed by atoms with Crippen molar-refractivity contribution in [1.82, 2.24) is 15.3 Å². The minimum atomic E-state index is 0.356. The van der Waals surface area contributed by atoms with Gasteiger partial charge in [-0.1, -0.05) is 0 Å². The van der Waals surface area contributed by atoms with Crippen molar-refractivity contribution >= 4 is 23.1 Å². The summed E-state index contributed by atoms with van der Waals surface area (Å²) in [5.74, 6) is 7.96. The summed E-state index contributed by atoms with van der Waals surface area (Å²) in [5.41, 5.74) is 7.19. The first-order chi connectivity index (χ1) is 11.7. The summed E-state index contributed by atoms with van der Waals surface area (Å²) in [5, 5.41) is 8.13. The van der Waals surface area contributed by atoms with Crippen LogP contribution in [0.5, 0.6) is 5.75 Å². The zero-order chi connectivity index (χ0) is 16.9. The third-order valence-corrected chi connectivity index (χ3v) is 4.05.